The van der Waals surface area contributed by atoms with Crippen LogP contribution in [0.5, 0.6) is 0 Å². The van der Waals surface area contributed by atoms with Crippen LogP contribution in [0.25, 0.3) is 0 Å². The van der Waals surface area contributed by atoms with E-state index >= 15 is 0 Å². The zero-order valence-corrected chi connectivity index (χ0v) is 6.49. The van der Waals surface area contributed by atoms with Crippen molar-refractivity contribution in [2.45, 2.75) is 26.3 Å². The van der Waals surface area contributed by atoms with E-state index in [1.54, 1.807) is 20.8 Å². The number of rotatable bonds is 1. The summed E-state index contributed by atoms with van der Waals surface area (Å²) in [5, 5.41) is 0. The van der Waals surface area contributed by atoms with Gasteiger partial charge in [0, 0.05) is 5.54 Å². The van der Waals surface area contributed by atoms with Gasteiger partial charge in [-0.05, 0) is 20.8 Å². The Labute approximate surface area is 55.1 Å². The fraction of sp³-hybridized carbons (Fsp3) is 1.00. The Hall–Kier alpha value is -0.130. The molecular weight excluding hydrogens is 142 g/mol. The van der Waals surface area contributed by atoms with Crippen LogP contribution in [0.2, 0.25) is 0 Å². The van der Waals surface area contributed by atoms with Crippen LogP contribution < -0.4 is 4.72 Å². The van der Waals surface area contributed by atoms with Gasteiger partial charge in [-0.3, -0.25) is 4.55 Å². The maximum absolute atomic E-state index is 10.1. The zero-order valence-electron chi connectivity index (χ0n) is 5.67. The van der Waals surface area contributed by atoms with Gasteiger partial charge in [0.1, 0.15) is 0 Å². The van der Waals surface area contributed by atoms with Crippen molar-refractivity contribution in [1.29, 1.82) is 0 Å². The highest BCUT2D eigenvalue weighted by Gasteiger charge is 2.16. The van der Waals surface area contributed by atoms with Crippen LogP contribution in [0.4, 0.5) is 0 Å². The van der Waals surface area contributed by atoms with Crippen LogP contribution in [0.3, 0.4) is 0 Å². The van der Waals surface area contributed by atoms with Gasteiger partial charge in [0.05, 0.1) is 0 Å². The Balaban J connectivity index is 4.07. The first kappa shape index (κ1) is 8.87. The van der Waals surface area contributed by atoms with Crippen molar-refractivity contribution < 1.29 is 13.0 Å². The molecule has 5 heteroatoms. The molecule has 0 aromatic heterocycles. The van der Waals surface area contributed by atoms with Crippen molar-refractivity contribution in [3.05, 3.63) is 0 Å². The minimum Gasteiger partial charge on any atom is -0.273 e. The summed E-state index contributed by atoms with van der Waals surface area (Å²) in [6.45, 7) is 4.92. The average Bonchev–Trinajstić information content (AvgIpc) is 1.14. The summed E-state index contributed by atoms with van der Waals surface area (Å²) in [4.78, 5) is 0. The number of hydrogen-bond donors (Lipinski definition) is 2. The van der Waals surface area contributed by atoms with E-state index in [9.17, 15) is 8.42 Å². The lowest BCUT2D eigenvalue weighted by molar-refractivity contribution is 0.424. The minimum absolute atomic E-state index is 0.604. The predicted molar refractivity (Wildman–Crippen MR) is 34.4 cm³/mol. The summed E-state index contributed by atoms with van der Waals surface area (Å²) in [6.07, 6.45) is 0. The molecule has 0 amide bonds. The first-order valence-corrected chi connectivity index (χ1v) is 3.91. The van der Waals surface area contributed by atoms with Crippen LogP contribution in [0.1, 0.15) is 20.8 Å². The molecule has 0 unspecified atom stereocenters. The third-order valence-corrected chi connectivity index (χ3v) is 1.31. The molecule has 0 aliphatic heterocycles. The second-order valence-electron chi connectivity index (χ2n) is 2.83. The van der Waals surface area contributed by atoms with Crippen LogP contribution in [0, 0.1) is 0 Å². The monoisotopic (exact) mass is 153 g/mol. The SMILES string of the molecule is CC(C)(C)NS(=O)(=O)O. The van der Waals surface area contributed by atoms with E-state index in [-0.39, 0.29) is 0 Å². The molecule has 0 aliphatic rings. The molecule has 0 rings (SSSR count). The Morgan fingerprint density at radius 2 is 1.67 bits per heavy atom. The van der Waals surface area contributed by atoms with Crippen LogP contribution >= 0.6 is 0 Å². The highest BCUT2D eigenvalue weighted by molar-refractivity contribution is 7.83. The largest absolute Gasteiger partial charge is 0.333 e. The lowest BCUT2D eigenvalue weighted by atomic mass is 10.1. The maximum atomic E-state index is 10.1. The molecule has 4 nitrogen and oxygen atoms in total. The maximum Gasteiger partial charge on any atom is 0.333 e. The minimum atomic E-state index is -4.03. The van der Waals surface area contributed by atoms with Crippen molar-refractivity contribution in [2.75, 3.05) is 0 Å². The first-order chi connectivity index (χ1) is 3.71. The highest BCUT2D eigenvalue weighted by atomic mass is 32.2. The van der Waals surface area contributed by atoms with Gasteiger partial charge in [-0.25, -0.2) is 0 Å². The molecule has 0 heterocycles. The van der Waals surface area contributed by atoms with Crippen molar-refractivity contribution in [3.8, 4) is 0 Å². The van der Waals surface area contributed by atoms with Gasteiger partial charge in [-0.2, -0.15) is 13.1 Å². The smallest absolute Gasteiger partial charge is 0.273 e. The second-order valence-corrected chi connectivity index (χ2v) is 3.98. The molecular formula is C4H11NO3S. The normalized spacial score (nSPS) is 13.8. The summed E-state index contributed by atoms with van der Waals surface area (Å²) in [5.74, 6) is 0. The van der Waals surface area contributed by atoms with Gasteiger partial charge in [0.2, 0.25) is 0 Å². The van der Waals surface area contributed by atoms with E-state index in [1.165, 1.54) is 0 Å². The summed E-state index contributed by atoms with van der Waals surface area (Å²) in [6, 6.07) is 0. The van der Waals surface area contributed by atoms with Crippen molar-refractivity contribution in [1.82, 2.24) is 4.72 Å². The number of hydrogen-bond acceptors (Lipinski definition) is 2. The van der Waals surface area contributed by atoms with Gasteiger partial charge >= 0.3 is 10.3 Å². The fourth-order valence-corrected chi connectivity index (χ4v) is 1.16. The topological polar surface area (TPSA) is 66.4 Å². The van der Waals surface area contributed by atoms with Gasteiger partial charge in [0.15, 0.2) is 0 Å². The molecule has 0 fully saturated rings. The Bertz CT molecular complexity index is 176. The molecule has 9 heavy (non-hydrogen) atoms. The Morgan fingerprint density at radius 3 is 1.67 bits per heavy atom. The van der Waals surface area contributed by atoms with E-state index in [1.807, 2.05) is 4.72 Å². The summed E-state index contributed by atoms with van der Waals surface area (Å²) in [7, 11) is -4.03. The predicted octanol–water partition coefficient (Wildman–Crippen LogP) is 0.177. The van der Waals surface area contributed by atoms with Gasteiger partial charge in [-0.15, -0.1) is 0 Å². The van der Waals surface area contributed by atoms with Crippen molar-refractivity contribution >= 4 is 10.3 Å². The fourth-order valence-electron chi connectivity index (χ4n) is 0.387. The van der Waals surface area contributed by atoms with Gasteiger partial charge < -0.3 is 0 Å². The standard InChI is InChI=1S/C4H11NO3S/c1-4(2,3)5-9(6,7)8/h5H,1-3H3,(H,6,7,8). The molecule has 0 bridgehead atoms. The summed E-state index contributed by atoms with van der Waals surface area (Å²) < 4.78 is 30.4. The van der Waals surface area contributed by atoms with Crippen molar-refractivity contribution in [3.63, 3.8) is 0 Å². The second kappa shape index (κ2) is 2.24. The van der Waals surface area contributed by atoms with E-state index in [2.05, 4.69) is 0 Å². The summed E-state index contributed by atoms with van der Waals surface area (Å²) >= 11 is 0. The van der Waals surface area contributed by atoms with E-state index in [0.29, 0.717) is 0 Å². The molecule has 56 valence electrons. The lowest BCUT2D eigenvalue weighted by Gasteiger charge is -2.16. The molecule has 0 aliphatic carbocycles. The molecule has 0 spiro atoms. The average molecular weight is 153 g/mol. The quantitative estimate of drug-likeness (QED) is 0.528. The van der Waals surface area contributed by atoms with E-state index < -0.39 is 15.8 Å². The van der Waals surface area contributed by atoms with E-state index in [4.69, 9.17) is 4.55 Å². The zero-order chi connectivity index (χ0) is 7.71. The summed E-state index contributed by atoms with van der Waals surface area (Å²) in [5.41, 5.74) is -0.604. The highest BCUT2D eigenvalue weighted by Crippen LogP contribution is 1.99. The Kier molecular flexibility index (Phi) is 2.21. The van der Waals surface area contributed by atoms with Gasteiger partial charge in [0.25, 0.3) is 0 Å². The van der Waals surface area contributed by atoms with Gasteiger partial charge in [-0.1, -0.05) is 0 Å². The van der Waals surface area contributed by atoms with Crippen LogP contribution in [0.15, 0.2) is 0 Å². The molecule has 0 radical (unpaired) electrons. The first-order valence-electron chi connectivity index (χ1n) is 2.47. The molecule has 0 aromatic rings. The van der Waals surface area contributed by atoms with E-state index in [0.717, 1.165) is 0 Å². The molecule has 0 aromatic carbocycles. The third-order valence-electron chi connectivity index (χ3n) is 0.435. The Morgan fingerprint density at radius 1 is 1.33 bits per heavy atom. The number of nitrogens with one attached hydrogen (secondary N) is 1. The lowest BCUT2D eigenvalue weighted by Crippen LogP contribution is -2.39. The van der Waals surface area contributed by atoms with Crippen LogP contribution in [-0.2, 0) is 10.3 Å². The third kappa shape index (κ3) is 7.87. The van der Waals surface area contributed by atoms with Crippen molar-refractivity contribution in [2.24, 2.45) is 0 Å². The van der Waals surface area contributed by atoms with Crippen LogP contribution in [-0.4, -0.2) is 18.5 Å². The molecule has 0 saturated heterocycles. The molecule has 0 atom stereocenters. The molecule has 0 saturated carbocycles. The molecule has 2 N–H and O–H groups in total.